The second-order valence-corrected chi connectivity index (χ2v) is 5.99. The van der Waals surface area contributed by atoms with Gasteiger partial charge in [0.2, 0.25) is 0 Å². The highest BCUT2D eigenvalue weighted by molar-refractivity contribution is 5.85. The summed E-state index contributed by atoms with van der Waals surface area (Å²) in [5.41, 5.74) is 5.69. The maximum absolute atomic E-state index is 8.81. The molecule has 0 radical (unpaired) electrons. The predicted molar refractivity (Wildman–Crippen MR) is 89.1 cm³/mol. The molecule has 2 atom stereocenters. The molecule has 1 saturated carbocycles. The number of carbonyl (C=O) groups excluding carboxylic acids is 1. The zero-order chi connectivity index (χ0) is 16.3. The Labute approximate surface area is 132 Å². The number of benzene rings is 1. The molecule has 0 amide bonds. The van der Waals surface area contributed by atoms with E-state index in [0.29, 0.717) is 6.73 Å². The predicted octanol–water partition coefficient (Wildman–Crippen LogP) is 3.84. The molecule has 2 aromatic rings. The van der Waals surface area contributed by atoms with E-state index in [9.17, 15) is 0 Å². The molecular formula is C18H26N2O2. The van der Waals surface area contributed by atoms with Gasteiger partial charge in [-0.1, -0.05) is 13.8 Å². The van der Waals surface area contributed by atoms with E-state index in [4.69, 9.17) is 9.53 Å². The fourth-order valence-corrected chi connectivity index (χ4v) is 3.29. The van der Waals surface area contributed by atoms with Crippen molar-refractivity contribution >= 4 is 17.2 Å². The number of hydrogen-bond donors (Lipinski definition) is 0. The van der Waals surface area contributed by atoms with E-state index in [0.717, 1.165) is 24.5 Å². The van der Waals surface area contributed by atoms with E-state index >= 15 is 0 Å². The van der Waals surface area contributed by atoms with Crippen LogP contribution >= 0.6 is 0 Å². The topological polar surface area (TPSA) is 44.1 Å². The van der Waals surface area contributed by atoms with Gasteiger partial charge in [-0.25, -0.2) is 4.68 Å². The van der Waals surface area contributed by atoms with Gasteiger partial charge in [0.15, 0.2) is 0 Å². The van der Waals surface area contributed by atoms with Crippen molar-refractivity contribution < 1.29 is 9.53 Å². The molecule has 0 N–H and O–H groups in total. The maximum Gasteiger partial charge on any atom is 0.139 e. The summed E-state index contributed by atoms with van der Waals surface area (Å²) in [6.07, 6.45) is 5.17. The van der Waals surface area contributed by atoms with E-state index in [1.54, 1.807) is 12.7 Å². The van der Waals surface area contributed by atoms with Crippen LogP contribution in [0.15, 0.2) is 12.3 Å². The van der Waals surface area contributed by atoms with Crippen LogP contribution in [0.5, 0.6) is 0 Å². The van der Waals surface area contributed by atoms with Crippen LogP contribution in [-0.4, -0.2) is 23.2 Å². The summed E-state index contributed by atoms with van der Waals surface area (Å²) in [5.74, 6) is 1.61. The molecule has 0 saturated heterocycles. The third-order valence-corrected chi connectivity index (χ3v) is 4.39. The second kappa shape index (κ2) is 7.05. The number of aromatic nitrogens is 2. The first-order valence-electron chi connectivity index (χ1n) is 7.95. The Balaban J connectivity index is 0.000000545. The summed E-state index contributed by atoms with van der Waals surface area (Å²) in [5, 5.41) is 5.77. The van der Waals surface area contributed by atoms with E-state index in [1.165, 1.54) is 35.4 Å². The lowest BCUT2D eigenvalue weighted by molar-refractivity contribution is -0.106. The smallest absolute Gasteiger partial charge is 0.139 e. The minimum absolute atomic E-state index is 0.519. The van der Waals surface area contributed by atoms with Crippen molar-refractivity contribution in [2.75, 3.05) is 7.11 Å². The summed E-state index contributed by atoms with van der Waals surface area (Å²) < 4.78 is 7.16. The Morgan fingerprint density at radius 3 is 2.64 bits per heavy atom. The lowest BCUT2D eigenvalue weighted by atomic mass is 9.92. The SMILES string of the molecule is CC=O.CCc1c(C2CC2C)c(C)cc2c1cnn2COC. The van der Waals surface area contributed by atoms with Crippen molar-refractivity contribution in [2.45, 2.75) is 53.2 Å². The highest BCUT2D eigenvalue weighted by atomic mass is 16.5. The first kappa shape index (κ1) is 16.7. The number of nitrogens with zero attached hydrogens (tertiary/aromatic N) is 2. The van der Waals surface area contributed by atoms with Crippen molar-refractivity contribution in [3.05, 3.63) is 29.0 Å². The van der Waals surface area contributed by atoms with Crippen LogP contribution in [0.4, 0.5) is 0 Å². The van der Waals surface area contributed by atoms with Crippen molar-refractivity contribution in [1.82, 2.24) is 9.78 Å². The molecular weight excluding hydrogens is 276 g/mol. The molecule has 1 aromatic heterocycles. The highest BCUT2D eigenvalue weighted by Crippen LogP contribution is 2.50. The van der Waals surface area contributed by atoms with Crippen LogP contribution in [0.1, 0.15) is 49.8 Å². The van der Waals surface area contributed by atoms with Crippen molar-refractivity contribution in [1.29, 1.82) is 0 Å². The minimum atomic E-state index is 0.519. The Morgan fingerprint density at radius 1 is 1.50 bits per heavy atom. The molecule has 4 nitrogen and oxygen atoms in total. The molecule has 0 spiro atoms. The Kier molecular flexibility index (Phi) is 5.35. The van der Waals surface area contributed by atoms with Gasteiger partial charge in [0.1, 0.15) is 13.0 Å². The quantitative estimate of drug-likeness (QED) is 0.806. The number of hydrogen-bond acceptors (Lipinski definition) is 3. The van der Waals surface area contributed by atoms with E-state index in [-0.39, 0.29) is 0 Å². The average Bonchev–Trinajstić information content (AvgIpc) is 3.07. The molecule has 3 rings (SSSR count). The normalized spacial score (nSPS) is 19.7. The molecule has 120 valence electrons. The van der Waals surface area contributed by atoms with Crippen LogP contribution in [0, 0.1) is 12.8 Å². The molecule has 2 unspecified atom stereocenters. The van der Waals surface area contributed by atoms with Crippen molar-refractivity contribution in [3.8, 4) is 0 Å². The fraction of sp³-hybridized carbons (Fsp3) is 0.556. The second-order valence-electron chi connectivity index (χ2n) is 5.99. The average molecular weight is 302 g/mol. The van der Waals surface area contributed by atoms with Gasteiger partial charge in [0.05, 0.1) is 11.7 Å². The number of rotatable bonds is 4. The molecule has 0 bridgehead atoms. The van der Waals surface area contributed by atoms with Gasteiger partial charge in [-0.2, -0.15) is 5.10 Å². The zero-order valence-electron chi connectivity index (χ0n) is 14.2. The highest BCUT2D eigenvalue weighted by Gasteiger charge is 2.36. The van der Waals surface area contributed by atoms with E-state index in [2.05, 4.69) is 31.9 Å². The molecule has 4 heteroatoms. The number of methoxy groups -OCH3 is 1. The lowest BCUT2D eigenvalue weighted by Crippen LogP contribution is -2.03. The third-order valence-electron chi connectivity index (χ3n) is 4.39. The summed E-state index contributed by atoms with van der Waals surface area (Å²) >= 11 is 0. The molecule has 22 heavy (non-hydrogen) atoms. The van der Waals surface area contributed by atoms with Gasteiger partial charge in [0.25, 0.3) is 0 Å². The van der Waals surface area contributed by atoms with E-state index in [1.807, 2.05) is 10.9 Å². The van der Waals surface area contributed by atoms with Gasteiger partial charge in [0, 0.05) is 12.5 Å². The van der Waals surface area contributed by atoms with Crippen molar-refractivity contribution in [2.24, 2.45) is 5.92 Å². The standard InChI is InChI=1S/C16H22N2O.C2H4O/c1-5-12-14-8-17-18(9-19-4)15(14)7-11(3)16(12)13-6-10(13)2;1-2-3/h7-8,10,13H,5-6,9H2,1-4H3;2H,1H3. The molecule has 1 aliphatic carbocycles. The monoisotopic (exact) mass is 302 g/mol. The lowest BCUT2D eigenvalue weighted by Gasteiger charge is -2.13. The van der Waals surface area contributed by atoms with Gasteiger partial charge in [-0.15, -0.1) is 0 Å². The summed E-state index contributed by atoms with van der Waals surface area (Å²) in [6.45, 7) is 8.80. The van der Waals surface area contributed by atoms with Crippen LogP contribution in [0.2, 0.25) is 0 Å². The molecule has 1 fully saturated rings. The fourth-order valence-electron chi connectivity index (χ4n) is 3.29. The Bertz CT molecular complexity index is 661. The van der Waals surface area contributed by atoms with Crippen LogP contribution in [-0.2, 0) is 22.7 Å². The Hall–Kier alpha value is -1.68. The number of aryl methyl sites for hydroxylation is 2. The Morgan fingerprint density at radius 2 is 2.14 bits per heavy atom. The third kappa shape index (κ3) is 3.07. The van der Waals surface area contributed by atoms with Gasteiger partial charge in [-0.3, -0.25) is 0 Å². The molecule has 1 aliphatic rings. The summed E-state index contributed by atoms with van der Waals surface area (Å²) in [6, 6.07) is 2.28. The van der Waals surface area contributed by atoms with Crippen LogP contribution in [0.3, 0.4) is 0 Å². The minimum Gasteiger partial charge on any atom is -0.362 e. The van der Waals surface area contributed by atoms with E-state index < -0.39 is 0 Å². The maximum atomic E-state index is 8.81. The van der Waals surface area contributed by atoms with Gasteiger partial charge in [-0.05, 0) is 61.3 Å². The van der Waals surface area contributed by atoms with Crippen LogP contribution < -0.4 is 0 Å². The zero-order valence-corrected chi connectivity index (χ0v) is 14.2. The molecule has 1 aromatic carbocycles. The molecule has 1 heterocycles. The number of carbonyl (C=O) groups is 1. The largest absolute Gasteiger partial charge is 0.362 e. The summed E-state index contributed by atoms with van der Waals surface area (Å²) in [4.78, 5) is 8.81. The van der Waals surface area contributed by atoms with Crippen molar-refractivity contribution in [3.63, 3.8) is 0 Å². The first-order valence-corrected chi connectivity index (χ1v) is 7.95. The number of fused-ring (bicyclic) bond motifs is 1. The van der Waals surface area contributed by atoms with Gasteiger partial charge >= 0.3 is 0 Å². The first-order chi connectivity index (χ1) is 10.6. The number of ether oxygens (including phenoxy) is 1. The van der Waals surface area contributed by atoms with Crippen LogP contribution in [0.25, 0.3) is 10.9 Å². The number of aldehydes is 1. The molecule has 0 aliphatic heterocycles. The summed E-state index contributed by atoms with van der Waals surface area (Å²) in [7, 11) is 1.71. The van der Waals surface area contributed by atoms with Gasteiger partial charge < -0.3 is 9.53 Å².